The van der Waals surface area contributed by atoms with Crippen LogP contribution in [-0.2, 0) is 16.4 Å². The number of benzene rings is 2. The molecule has 12 heteroatoms. The van der Waals surface area contributed by atoms with Crippen molar-refractivity contribution in [3.05, 3.63) is 58.9 Å². The van der Waals surface area contributed by atoms with E-state index in [0.29, 0.717) is 35.7 Å². The molecule has 8 nitrogen and oxygen atoms in total. The maximum absolute atomic E-state index is 14.6. The molecule has 2 amide bonds. The van der Waals surface area contributed by atoms with Gasteiger partial charge in [0.05, 0.1) is 16.5 Å². The van der Waals surface area contributed by atoms with Crippen molar-refractivity contribution < 1.29 is 27.2 Å². The van der Waals surface area contributed by atoms with Gasteiger partial charge in [0.2, 0.25) is 5.91 Å². The fourth-order valence-corrected chi connectivity index (χ4v) is 4.70. The first-order chi connectivity index (χ1) is 17.2. The van der Waals surface area contributed by atoms with Crippen molar-refractivity contribution in [2.24, 2.45) is 0 Å². The number of hydrogen-bond acceptors (Lipinski definition) is 5. The van der Waals surface area contributed by atoms with Gasteiger partial charge >= 0.3 is 6.18 Å². The number of anilines is 1. The number of alkyl halides is 3. The number of nitrogens with zero attached hydrogens (tertiary/aromatic N) is 3. The van der Waals surface area contributed by atoms with E-state index in [-0.39, 0.29) is 23.3 Å². The summed E-state index contributed by atoms with van der Waals surface area (Å²) in [5.41, 5.74) is -1.48. The normalized spacial score (nSPS) is 17.1. The van der Waals surface area contributed by atoms with Crippen molar-refractivity contribution in [1.82, 2.24) is 25.9 Å². The third-order valence-corrected chi connectivity index (χ3v) is 6.81. The van der Waals surface area contributed by atoms with Crippen LogP contribution in [0, 0.1) is 5.82 Å². The van der Waals surface area contributed by atoms with Gasteiger partial charge in [-0.3, -0.25) is 9.59 Å². The fourth-order valence-electron chi connectivity index (χ4n) is 4.70. The highest BCUT2D eigenvalue weighted by Crippen LogP contribution is 2.50. The van der Waals surface area contributed by atoms with Gasteiger partial charge in [-0.15, -0.1) is 5.10 Å². The second-order valence-electron chi connectivity index (χ2n) is 9.19. The smallest absolute Gasteiger partial charge is 0.349 e. The van der Waals surface area contributed by atoms with Crippen molar-refractivity contribution >= 4 is 17.5 Å². The molecule has 2 aromatic carbocycles. The summed E-state index contributed by atoms with van der Waals surface area (Å²) in [5, 5.41) is 19.3. The zero-order valence-electron chi connectivity index (χ0n) is 19.0. The van der Waals surface area contributed by atoms with Crippen LogP contribution in [0.4, 0.5) is 23.2 Å². The Morgan fingerprint density at radius 1 is 1.06 bits per heavy atom. The van der Waals surface area contributed by atoms with Crippen molar-refractivity contribution in [2.45, 2.75) is 56.2 Å². The molecule has 188 valence electrons. The van der Waals surface area contributed by atoms with Crippen LogP contribution in [0.15, 0.2) is 36.4 Å². The summed E-state index contributed by atoms with van der Waals surface area (Å²) in [6.07, 6.45) is -0.185. The summed E-state index contributed by atoms with van der Waals surface area (Å²) in [7, 11) is 0. The van der Waals surface area contributed by atoms with Gasteiger partial charge in [-0.2, -0.15) is 13.2 Å². The number of H-pyrrole nitrogens is 1. The average molecular weight is 502 g/mol. The molecule has 0 bridgehead atoms. The van der Waals surface area contributed by atoms with E-state index < -0.39 is 28.9 Å². The Hall–Kier alpha value is -3.83. The first kappa shape index (κ1) is 23.9. The van der Waals surface area contributed by atoms with Crippen LogP contribution in [0.25, 0.3) is 11.4 Å². The summed E-state index contributed by atoms with van der Waals surface area (Å²) >= 11 is 0. The molecule has 2 aliphatic carbocycles. The van der Waals surface area contributed by atoms with Gasteiger partial charge in [0.25, 0.3) is 5.91 Å². The summed E-state index contributed by atoms with van der Waals surface area (Å²) in [5.74, 6) is -1.70. The third kappa shape index (κ3) is 4.54. The Morgan fingerprint density at radius 3 is 2.42 bits per heavy atom. The van der Waals surface area contributed by atoms with E-state index in [1.165, 1.54) is 18.2 Å². The summed E-state index contributed by atoms with van der Waals surface area (Å²) in [4.78, 5) is 26.1. The largest absolute Gasteiger partial charge is 0.416 e. The van der Waals surface area contributed by atoms with Crippen LogP contribution in [0.2, 0.25) is 0 Å². The highest BCUT2D eigenvalue weighted by atomic mass is 19.4. The van der Waals surface area contributed by atoms with Crippen molar-refractivity contribution in [3.8, 4) is 11.4 Å². The molecule has 1 aromatic heterocycles. The molecule has 0 radical (unpaired) electrons. The van der Waals surface area contributed by atoms with Gasteiger partial charge in [-0.1, -0.05) is 18.9 Å². The van der Waals surface area contributed by atoms with Crippen molar-refractivity contribution in [2.75, 3.05) is 5.32 Å². The van der Waals surface area contributed by atoms with Crippen LogP contribution in [-0.4, -0.2) is 38.5 Å². The Morgan fingerprint density at radius 2 is 1.81 bits per heavy atom. The molecule has 3 N–H and O–H groups in total. The number of carbonyl (C=O) groups excluding carboxylic acids is 2. The lowest BCUT2D eigenvalue weighted by Gasteiger charge is -2.19. The zero-order chi connectivity index (χ0) is 25.5. The second kappa shape index (κ2) is 8.99. The van der Waals surface area contributed by atoms with Gasteiger partial charge in [0.1, 0.15) is 5.82 Å². The average Bonchev–Trinajstić information content (AvgIpc) is 3.20. The van der Waals surface area contributed by atoms with Crippen LogP contribution in [0.3, 0.4) is 0 Å². The quantitative estimate of drug-likeness (QED) is 0.434. The van der Waals surface area contributed by atoms with E-state index in [4.69, 9.17) is 0 Å². The highest BCUT2D eigenvalue weighted by molar-refractivity contribution is 6.04. The number of aromatic nitrogens is 4. The van der Waals surface area contributed by atoms with E-state index in [9.17, 15) is 27.2 Å². The predicted molar refractivity (Wildman–Crippen MR) is 120 cm³/mol. The van der Waals surface area contributed by atoms with Gasteiger partial charge in [-0.05, 0) is 66.4 Å². The van der Waals surface area contributed by atoms with Crippen LogP contribution in [0.1, 0.15) is 60.0 Å². The molecule has 0 spiro atoms. The Labute approximate surface area is 202 Å². The lowest BCUT2D eigenvalue weighted by molar-refractivity contribution is -0.137. The highest BCUT2D eigenvalue weighted by Gasteiger charge is 2.53. The molecule has 3 aromatic rings. The molecule has 0 unspecified atom stereocenters. The number of carbonyl (C=O) groups is 2. The molecule has 1 heterocycles. The maximum Gasteiger partial charge on any atom is 0.416 e. The first-order valence-electron chi connectivity index (χ1n) is 11.5. The molecule has 5 rings (SSSR count). The predicted octanol–water partition coefficient (Wildman–Crippen LogP) is 4.37. The number of rotatable bonds is 6. The molecule has 2 aliphatic rings. The fraction of sp³-hybridized carbons (Fsp3) is 0.375. The lowest BCUT2D eigenvalue weighted by Crippen LogP contribution is -2.33. The number of nitrogens with one attached hydrogen (secondary N) is 3. The number of halogens is 4. The molecular formula is C24H22F4N6O2. The number of aromatic amines is 1. The van der Waals surface area contributed by atoms with E-state index in [1.807, 2.05) is 0 Å². The van der Waals surface area contributed by atoms with Crippen LogP contribution >= 0.6 is 0 Å². The maximum atomic E-state index is 14.6. The van der Waals surface area contributed by atoms with Crippen molar-refractivity contribution in [3.63, 3.8) is 0 Å². The van der Waals surface area contributed by atoms with Gasteiger partial charge in [0, 0.05) is 22.9 Å². The molecular weight excluding hydrogens is 480 g/mol. The SMILES string of the molecule is O=C(NC1CCCC1)c1ccc(NC(=O)C2(c3ccc(C(F)(F)F)cc3F)CC2)cc1-c1nnn[nH]1. The van der Waals surface area contributed by atoms with Crippen LogP contribution < -0.4 is 10.6 Å². The van der Waals surface area contributed by atoms with Gasteiger partial charge in [0.15, 0.2) is 5.82 Å². The van der Waals surface area contributed by atoms with E-state index >= 15 is 0 Å². The third-order valence-electron chi connectivity index (χ3n) is 6.81. The Kier molecular flexibility index (Phi) is 5.97. The zero-order valence-corrected chi connectivity index (χ0v) is 19.0. The molecule has 2 saturated carbocycles. The topological polar surface area (TPSA) is 113 Å². The number of tetrazole rings is 1. The monoisotopic (exact) mass is 502 g/mol. The number of hydrogen-bond donors (Lipinski definition) is 3. The van der Waals surface area contributed by atoms with Gasteiger partial charge < -0.3 is 10.6 Å². The van der Waals surface area contributed by atoms with Gasteiger partial charge in [-0.25, -0.2) is 9.49 Å². The Balaban J connectivity index is 1.40. The van der Waals surface area contributed by atoms with Crippen molar-refractivity contribution in [1.29, 1.82) is 0 Å². The van der Waals surface area contributed by atoms with E-state index in [2.05, 4.69) is 31.3 Å². The minimum absolute atomic E-state index is 0.0831. The summed E-state index contributed by atoms with van der Waals surface area (Å²) in [6, 6.07) is 6.90. The lowest BCUT2D eigenvalue weighted by atomic mass is 9.93. The second-order valence-corrected chi connectivity index (χ2v) is 9.19. The summed E-state index contributed by atoms with van der Waals surface area (Å²) < 4.78 is 53.4. The standard InChI is InChI=1S/C24H22F4N6O2/c25-19-11-13(24(26,27)28)5-8-18(19)23(9-10-23)22(36)30-15-6-7-16(17(12-15)20-31-33-34-32-20)21(35)29-14-3-1-2-4-14/h5-8,11-12,14H,1-4,9-10H2,(H,29,35)(H,30,36)(H,31,32,33,34). The minimum Gasteiger partial charge on any atom is -0.349 e. The van der Waals surface area contributed by atoms with E-state index in [1.54, 1.807) is 0 Å². The molecule has 0 saturated heterocycles. The minimum atomic E-state index is -4.68. The number of amides is 2. The summed E-state index contributed by atoms with van der Waals surface area (Å²) in [6.45, 7) is 0. The first-order valence-corrected chi connectivity index (χ1v) is 11.5. The molecule has 0 aliphatic heterocycles. The molecule has 0 atom stereocenters. The van der Waals surface area contributed by atoms with E-state index in [0.717, 1.165) is 37.8 Å². The molecule has 36 heavy (non-hydrogen) atoms. The Bertz CT molecular complexity index is 1300. The van der Waals surface area contributed by atoms with Crippen LogP contribution in [0.5, 0.6) is 0 Å². The molecule has 2 fully saturated rings.